The first kappa shape index (κ1) is 14.4. The van der Waals surface area contributed by atoms with E-state index in [9.17, 15) is 4.79 Å². The van der Waals surface area contributed by atoms with Crippen LogP contribution < -0.4 is 11.1 Å². The first-order valence-electron chi connectivity index (χ1n) is 6.17. The van der Waals surface area contributed by atoms with Gasteiger partial charge in [-0.05, 0) is 24.5 Å². The molecule has 0 aliphatic rings. The number of hydrogen-bond acceptors (Lipinski definition) is 4. The Balaban J connectivity index is 2.23. The summed E-state index contributed by atoms with van der Waals surface area (Å²) in [6, 6.07) is 3.43. The molecule has 1 amide bonds. The Labute approximate surface area is 108 Å². The Kier molecular flexibility index (Phi) is 6.14. The lowest BCUT2D eigenvalue weighted by Gasteiger charge is -2.08. The maximum Gasteiger partial charge on any atom is 0.267 e. The van der Waals surface area contributed by atoms with Gasteiger partial charge in [0, 0.05) is 25.0 Å². The second-order valence-electron chi connectivity index (χ2n) is 4.52. The average Bonchev–Trinajstić information content (AvgIpc) is 2.33. The molecule has 0 unspecified atom stereocenters. The van der Waals surface area contributed by atoms with Crippen LogP contribution in [0.5, 0.6) is 0 Å². The summed E-state index contributed by atoms with van der Waals surface area (Å²) in [5.74, 6) is 0.142. The first-order chi connectivity index (χ1) is 8.59. The molecule has 5 nitrogen and oxygen atoms in total. The number of rotatable bonds is 8. The largest absolute Gasteiger partial charge is 0.383 e. The number of hydrogen-bond donors (Lipinski definition) is 2. The smallest absolute Gasteiger partial charge is 0.267 e. The minimum Gasteiger partial charge on any atom is -0.383 e. The Hall–Kier alpha value is -1.62. The molecule has 1 aromatic heterocycles. The number of nitrogens with zero attached hydrogens (tertiary/aromatic N) is 1. The van der Waals surface area contributed by atoms with Crippen molar-refractivity contribution in [1.29, 1.82) is 0 Å². The minimum atomic E-state index is -0.521. The lowest BCUT2D eigenvalue weighted by molar-refractivity contribution is 0.0995. The van der Waals surface area contributed by atoms with Crippen LogP contribution in [0.4, 0.5) is 5.69 Å². The summed E-state index contributed by atoms with van der Waals surface area (Å²) in [5, 5.41) is 3.16. The summed E-state index contributed by atoms with van der Waals surface area (Å²) in [6.07, 6.45) is 2.63. The number of nitrogens with one attached hydrogen (secondary N) is 1. The maximum atomic E-state index is 10.9. The molecule has 3 N–H and O–H groups in total. The monoisotopic (exact) mass is 251 g/mol. The van der Waals surface area contributed by atoms with Gasteiger partial charge in [0.1, 0.15) is 5.69 Å². The summed E-state index contributed by atoms with van der Waals surface area (Å²) < 4.78 is 5.47. The van der Waals surface area contributed by atoms with Crippen LogP contribution in [-0.4, -0.2) is 30.6 Å². The summed E-state index contributed by atoms with van der Waals surface area (Å²) in [4.78, 5) is 14.8. The standard InChI is InChI=1S/C13H21N3O2/c1-10(2)4-7-18-8-6-15-11-3-5-16-12(9-11)13(14)17/h3,5,9-10H,4,6-8H2,1-2H3,(H2,14,17)(H,15,16). The molecule has 100 valence electrons. The lowest BCUT2D eigenvalue weighted by Crippen LogP contribution is -2.14. The van der Waals surface area contributed by atoms with Gasteiger partial charge in [-0.2, -0.15) is 0 Å². The number of carbonyl (C=O) groups excluding carboxylic acids is 1. The topological polar surface area (TPSA) is 77.2 Å². The molecular weight excluding hydrogens is 230 g/mol. The van der Waals surface area contributed by atoms with Crippen molar-refractivity contribution in [3.63, 3.8) is 0 Å². The van der Waals surface area contributed by atoms with Crippen molar-refractivity contribution in [2.75, 3.05) is 25.1 Å². The lowest BCUT2D eigenvalue weighted by atomic mass is 10.1. The fourth-order valence-corrected chi connectivity index (χ4v) is 1.36. The number of amides is 1. The number of ether oxygens (including phenoxy) is 1. The molecule has 0 saturated carbocycles. The van der Waals surface area contributed by atoms with Crippen molar-refractivity contribution in [3.05, 3.63) is 24.0 Å². The van der Waals surface area contributed by atoms with Gasteiger partial charge >= 0.3 is 0 Å². The van der Waals surface area contributed by atoms with Gasteiger partial charge in [0.25, 0.3) is 5.91 Å². The zero-order valence-electron chi connectivity index (χ0n) is 11.0. The third-order valence-electron chi connectivity index (χ3n) is 2.43. The molecule has 0 aromatic carbocycles. The van der Waals surface area contributed by atoms with E-state index in [1.54, 1.807) is 18.3 Å². The van der Waals surface area contributed by atoms with E-state index in [1.165, 1.54) is 0 Å². The van der Waals surface area contributed by atoms with Gasteiger partial charge in [0.2, 0.25) is 0 Å². The molecule has 0 spiro atoms. The van der Waals surface area contributed by atoms with E-state index >= 15 is 0 Å². The highest BCUT2D eigenvalue weighted by atomic mass is 16.5. The molecule has 0 bridgehead atoms. The van der Waals surface area contributed by atoms with Crippen LogP contribution in [0.15, 0.2) is 18.3 Å². The normalized spacial score (nSPS) is 10.6. The van der Waals surface area contributed by atoms with Gasteiger partial charge in [0.05, 0.1) is 6.61 Å². The highest BCUT2D eigenvalue weighted by Crippen LogP contribution is 2.07. The van der Waals surface area contributed by atoms with Gasteiger partial charge in [-0.3, -0.25) is 9.78 Å². The minimum absolute atomic E-state index is 0.265. The van der Waals surface area contributed by atoms with Crippen LogP contribution >= 0.6 is 0 Å². The van der Waals surface area contributed by atoms with Gasteiger partial charge in [0.15, 0.2) is 0 Å². The molecule has 1 heterocycles. The molecular formula is C13H21N3O2. The predicted molar refractivity (Wildman–Crippen MR) is 71.5 cm³/mol. The van der Waals surface area contributed by atoms with Gasteiger partial charge in [-0.25, -0.2) is 0 Å². The maximum absolute atomic E-state index is 10.9. The summed E-state index contributed by atoms with van der Waals surface area (Å²) >= 11 is 0. The second-order valence-corrected chi connectivity index (χ2v) is 4.52. The summed E-state index contributed by atoms with van der Waals surface area (Å²) in [5.41, 5.74) is 6.24. The van der Waals surface area contributed by atoms with E-state index in [0.717, 1.165) is 18.7 Å². The molecule has 0 aliphatic heterocycles. The molecule has 0 radical (unpaired) electrons. The number of carbonyl (C=O) groups is 1. The van der Waals surface area contributed by atoms with Crippen molar-refractivity contribution in [1.82, 2.24) is 4.98 Å². The van der Waals surface area contributed by atoms with E-state index in [2.05, 4.69) is 24.1 Å². The van der Waals surface area contributed by atoms with E-state index in [-0.39, 0.29) is 5.69 Å². The zero-order valence-corrected chi connectivity index (χ0v) is 11.0. The number of primary amides is 1. The fourth-order valence-electron chi connectivity index (χ4n) is 1.36. The summed E-state index contributed by atoms with van der Waals surface area (Å²) in [6.45, 7) is 6.46. The summed E-state index contributed by atoms with van der Waals surface area (Å²) in [7, 11) is 0. The Morgan fingerprint density at radius 2 is 2.28 bits per heavy atom. The molecule has 1 aromatic rings. The van der Waals surface area contributed by atoms with E-state index in [4.69, 9.17) is 10.5 Å². The van der Waals surface area contributed by atoms with E-state index in [1.807, 2.05) is 0 Å². The molecule has 0 saturated heterocycles. The van der Waals surface area contributed by atoms with E-state index in [0.29, 0.717) is 19.1 Å². The SMILES string of the molecule is CC(C)CCOCCNc1ccnc(C(N)=O)c1. The predicted octanol–water partition coefficient (Wildman–Crippen LogP) is 1.66. The van der Waals surface area contributed by atoms with Crippen LogP contribution in [0.25, 0.3) is 0 Å². The van der Waals surface area contributed by atoms with Crippen molar-refractivity contribution >= 4 is 11.6 Å². The highest BCUT2D eigenvalue weighted by Gasteiger charge is 2.02. The van der Waals surface area contributed by atoms with Crippen LogP contribution in [0.1, 0.15) is 30.8 Å². The third-order valence-corrected chi connectivity index (χ3v) is 2.43. The number of pyridine rings is 1. The van der Waals surface area contributed by atoms with Crippen molar-refractivity contribution in [2.24, 2.45) is 11.7 Å². The van der Waals surface area contributed by atoms with Gasteiger partial charge in [-0.1, -0.05) is 13.8 Å². The van der Waals surface area contributed by atoms with Crippen molar-refractivity contribution in [2.45, 2.75) is 20.3 Å². The Morgan fingerprint density at radius 3 is 2.94 bits per heavy atom. The Morgan fingerprint density at radius 1 is 1.50 bits per heavy atom. The first-order valence-corrected chi connectivity index (χ1v) is 6.17. The molecule has 0 aliphatic carbocycles. The van der Waals surface area contributed by atoms with Crippen LogP contribution in [0.3, 0.4) is 0 Å². The molecule has 18 heavy (non-hydrogen) atoms. The number of nitrogens with two attached hydrogens (primary N) is 1. The van der Waals surface area contributed by atoms with Gasteiger partial charge in [-0.15, -0.1) is 0 Å². The molecule has 0 fully saturated rings. The van der Waals surface area contributed by atoms with Crippen LogP contribution in [0, 0.1) is 5.92 Å². The van der Waals surface area contributed by atoms with Crippen molar-refractivity contribution in [3.8, 4) is 0 Å². The van der Waals surface area contributed by atoms with Crippen molar-refractivity contribution < 1.29 is 9.53 Å². The molecule has 5 heteroatoms. The quantitative estimate of drug-likeness (QED) is 0.689. The second kappa shape index (κ2) is 7.66. The Bertz CT molecular complexity index is 380. The van der Waals surface area contributed by atoms with E-state index < -0.39 is 5.91 Å². The molecule has 0 atom stereocenters. The third kappa shape index (κ3) is 5.63. The van der Waals surface area contributed by atoms with Gasteiger partial charge < -0.3 is 15.8 Å². The zero-order chi connectivity index (χ0) is 13.4. The highest BCUT2D eigenvalue weighted by molar-refractivity contribution is 5.91. The van der Waals surface area contributed by atoms with Crippen LogP contribution in [-0.2, 0) is 4.74 Å². The number of aromatic nitrogens is 1. The number of anilines is 1. The molecule has 1 rings (SSSR count). The van der Waals surface area contributed by atoms with Crippen LogP contribution in [0.2, 0.25) is 0 Å². The average molecular weight is 251 g/mol. The fraction of sp³-hybridized carbons (Fsp3) is 0.538.